The molecule has 2 aromatic carbocycles. The molecule has 1 aliphatic heterocycles. The van der Waals surface area contributed by atoms with Crippen LogP contribution in [0, 0.1) is 13.8 Å². The summed E-state index contributed by atoms with van der Waals surface area (Å²) < 4.78 is 12.1. The lowest BCUT2D eigenvalue weighted by molar-refractivity contribution is -0.140. The molecule has 0 aliphatic carbocycles. The summed E-state index contributed by atoms with van der Waals surface area (Å²) in [5.74, 6) is -0.0375. The van der Waals surface area contributed by atoms with Crippen molar-refractivity contribution in [2.45, 2.75) is 26.4 Å². The summed E-state index contributed by atoms with van der Waals surface area (Å²) in [5.41, 5.74) is 2.09. The number of hydrogen-bond donors (Lipinski definition) is 1. The zero-order valence-electron chi connectivity index (χ0n) is 17.9. The van der Waals surface area contributed by atoms with E-state index in [0.29, 0.717) is 22.8 Å². The molecule has 0 radical (unpaired) electrons. The van der Waals surface area contributed by atoms with E-state index in [2.05, 4.69) is 15.9 Å². The van der Waals surface area contributed by atoms with Crippen molar-refractivity contribution in [1.29, 1.82) is 0 Å². The van der Waals surface area contributed by atoms with Gasteiger partial charge in [-0.05, 0) is 49.7 Å². The number of benzene rings is 2. The Balaban J connectivity index is 1.86. The third-order valence-corrected chi connectivity index (χ3v) is 6.42. The maximum absolute atomic E-state index is 13.1. The van der Waals surface area contributed by atoms with E-state index in [9.17, 15) is 14.7 Å². The van der Waals surface area contributed by atoms with Gasteiger partial charge in [0.1, 0.15) is 29.1 Å². The minimum absolute atomic E-state index is 0.000899. The number of para-hydroxylation sites is 1. The Morgan fingerprint density at radius 2 is 1.88 bits per heavy atom. The predicted octanol–water partition coefficient (Wildman–Crippen LogP) is 5.29. The van der Waals surface area contributed by atoms with Crippen molar-refractivity contribution in [3.63, 3.8) is 0 Å². The number of furan rings is 1. The summed E-state index contributed by atoms with van der Waals surface area (Å²) in [6, 6.07) is 15.2. The first-order chi connectivity index (χ1) is 15.3. The summed E-state index contributed by atoms with van der Waals surface area (Å²) in [7, 11) is 1.55. The third kappa shape index (κ3) is 3.84. The highest BCUT2D eigenvalue weighted by Gasteiger charge is 2.47. The molecule has 1 unspecified atom stereocenters. The number of rotatable bonds is 5. The molecule has 1 fully saturated rings. The largest absolute Gasteiger partial charge is 0.507 e. The van der Waals surface area contributed by atoms with E-state index in [1.54, 1.807) is 50.4 Å². The lowest BCUT2D eigenvalue weighted by Crippen LogP contribution is -2.29. The number of likely N-dealkylation sites (tertiary alicyclic amines) is 1. The minimum Gasteiger partial charge on any atom is -0.507 e. The van der Waals surface area contributed by atoms with Crippen molar-refractivity contribution >= 4 is 33.4 Å². The Labute approximate surface area is 194 Å². The molecule has 1 N–H and O–H groups in total. The van der Waals surface area contributed by atoms with Crippen molar-refractivity contribution in [2.24, 2.45) is 0 Å². The average Bonchev–Trinajstić information content (AvgIpc) is 3.31. The Bertz CT molecular complexity index is 1240. The lowest BCUT2D eigenvalue weighted by Gasteiger charge is -2.24. The van der Waals surface area contributed by atoms with E-state index in [0.717, 1.165) is 15.6 Å². The van der Waals surface area contributed by atoms with Crippen molar-refractivity contribution < 1.29 is 23.8 Å². The second-order valence-corrected chi connectivity index (χ2v) is 8.51. The molecule has 1 aromatic heterocycles. The van der Waals surface area contributed by atoms with E-state index in [1.807, 2.05) is 25.1 Å². The van der Waals surface area contributed by atoms with Crippen LogP contribution in [0.3, 0.4) is 0 Å². The molecule has 2 heterocycles. The lowest BCUT2D eigenvalue weighted by atomic mass is 9.98. The van der Waals surface area contributed by atoms with Crippen LogP contribution in [-0.4, -0.2) is 28.8 Å². The number of aliphatic hydroxyl groups is 1. The van der Waals surface area contributed by atoms with Gasteiger partial charge in [-0.3, -0.25) is 9.59 Å². The molecule has 3 aromatic rings. The van der Waals surface area contributed by atoms with Crippen LogP contribution in [0.1, 0.15) is 34.3 Å². The molecular weight excluding hydrogens is 474 g/mol. The minimum atomic E-state index is -0.863. The van der Waals surface area contributed by atoms with Gasteiger partial charge in [-0.1, -0.05) is 40.2 Å². The fourth-order valence-electron chi connectivity index (χ4n) is 3.90. The van der Waals surface area contributed by atoms with Crippen LogP contribution in [0.2, 0.25) is 0 Å². The monoisotopic (exact) mass is 495 g/mol. The molecule has 6 nitrogen and oxygen atoms in total. The Kier molecular flexibility index (Phi) is 5.93. The van der Waals surface area contributed by atoms with Crippen molar-refractivity contribution in [3.05, 3.63) is 92.9 Å². The van der Waals surface area contributed by atoms with Gasteiger partial charge < -0.3 is 19.2 Å². The Morgan fingerprint density at radius 3 is 2.53 bits per heavy atom. The van der Waals surface area contributed by atoms with Gasteiger partial charge in [-0.25, -0.2) is 0 Å². The van der Waals surface area contributed by atoms with E-state index < -0.39 is 17.7 Å². The molecule has 32 heavy (non-hydrogen) atoms. The molecule has 1 saturated heterocycles. The molecule has 1 aliphatic rings. The molecule has 164 valence electrons. The van der Waals surface area contributed by atoms with E-state index in [1.165, 1.54) is 4.90 Å². The highest BCUT2D eigenvalue weighted by molar-refractivity contribution is 9.10. The molecule has 7 heteroatoms. The predicted molar refractivity (Wildman–Crippen MR) is 123 cm³/mol. The molecule has 4 rings (SSSR count). The third-order valence-electron chi connectivity index (χ3n) is 5.54. The normalized spacial score (nSPS) is 17.8. The van der Waals surface area contributed by atoms with Gasteiger partial charge in [-0.15, -0.1) is 0 Å². The summed E-state index contributed by atoms with van der Waals surface area (Å²) in [6.07, 6.45) is 0. The zero-order chi connectivity index (χ0) is 23.0. The number of methoxy groups -OCH3 is 1. The van der Waals surface area contributed by atoms with Gasteiger partial charge in [0, 0.05) is 15.6 Å². The molecule has 1 amide bonds. The van der Waals surface area contributed by atoms with Crippen LogP contribution >= 0.6 is 15.9 Å². The van der Waals surface area contributed by atoms with Gasteiger partial charge >= 0.3 is 0 Å². The standard InChI is InChI=1S/C25H22BrNO5/c1-14-12-16(9-10-18(14)26)23(28)21-22(20-11-8-15(2)32-20)27(25(30)24(21)29)13-17-6-4-5-7-19(17)31-3/h4-12,22,28H,13H2,1-3H3/b23-21+. The number of aryl methyl sites for hydroxylation is 2. The number of hydrogen-bond acceptors (Lipinski definition) is 5. The quantitative estimate of drug-likeness (QED) is 0.295. The molecular formula is C25H22BrNO5. The Morgan fingerprint density at radius 1 is 1.12 bits per heavy atom. The van der Waals surface area contributed by atoms with Gasteiger partial charge in [-0.2, -0.15) is 0 Å². The second-order valence-electron chi connectivity index (χ2n) is 7.65. The first kappa shape index (κ1) is 21.9. The van der Waals surface area contributed by atoms with E-state index in [4.69, 9.17) is 9.15 Å². The zero-order valence-corrected chi connectivity index (χ0v) is 19.5. The van der Waals surface area contributed by atoms with Gasteiger partial charge in [0.05, 0.1) is 19.2 Å². The number of carbonyl (C=O) groups excluding carboxylic acids is 2. The molecule has 0 saturated carbocycles. The van der Waals surface area contributed by atoms with Crippen molar-refractivity contribution in [3.8, 4) is 5.75 Å². The topological polar surface area (TPSA) is 80.0 Å². The molecule has 1 atom stereocenters. The fraction of sp³-hybridized carbons (Fsp3) is 0.200. The number of ether oxygens (including phenoxy) is 1. The van der Waals surface area contributed by atoms with Crippen LogP contribution in [-0.2, 0) is 16.1 Å². The summed E-state index contributed by atoms with van der Waals surface area (Å²) in [5, 5.41) is 11.1. The van der Waals surface area contributed by atoms with Gasteiger partial charge in [0.2, 0.25) is 0 Å². The average molecular weight is 496 g/mol. The summed E-state index contributed by atoms with van der Waals surface area (Å²) in [6.45, 7) is 3.79. The molecule has 0 spiro atoms. The van der Waals surface area contributed by atoms with Crippen LogP contribution < -0.4 is 4.74 Å². The van der Waals surface area contributed by atoms with Crippen LogP contribution in [0.4, 0.5) is 0 Å². The maximum Gasteiger partial charge on any atom is 0.296 e. The Hall–Kier alpha value is -3.32. The van der Waals surface area contributed by atoms with Crippen LogP contribution in [0.15, 0.2) is 69.1 Å². The summed E-state index contributed by atoms with van der Waals surface area (Å²) >= 11 is 3.44. The first-order valence-corrected chi connectivity index (χ1v) is 10.8. The first-order valence-electron chi connectivity index (χ1n) is 10.0. The number of nitrogens with zero attached hydrogens (tertiary/aromatic N) is 1. The number of aliphatic hydroxyl groups excluding tert-OH is 1. The van der Waals surface area contributed by atoms with Gasteiger partial charge in [0.15, 0.2) is 0 Å². The summed E-state index contributed by atoms with van der Waals surface area (Å²) in [4.78, 5) is 27.6. The van der Waals surface area contributed by atoms with Crippen LogP contribution in [0.25, 0.3) is 5.76 Å². The SMILES string of the molecule is COc1ccccc1CN1C(=O)C(=O)/C(=C(/O)c2ccc(Br)c(C)c2)C1c1ccc(C)o1. The number of Topliss-reactive ketones (excluding diaryl/α,β-unsaturated/α-hetero) is 1. The fourth-order valence-corrected chi connectivity index (χ4v) is 4.15. The van der Waals surface area contributed by atoms with E-state index >= 15 is 0 Å². The highest BCUT2D eigenvalue weighted by atomic mass is 79.9. The number of carbonyl (C=O) groups is 2. The number of halogens is 1. The maximum atomic E-state index is 13.1. The van der Waals surface area contributed by atoms with Crippen LogP contribution in [0.5, 0.6) is 5.75 Å². The number of ketones is 1. The van der Waals surface area contributed by atoms with Gasteiger partial charge in [0.25, 0.3) is 11.7 Å². The second kappa shape index (κ2) is 8.67. The number of amides is 1. The highest BCUT2D eigenvalue weighted by Crippen LogP contribution is 2.41. The van der Waals surface area contributed by atoms with E-state index in [-0.39, 0.29) is 17.9 Å². The van der Waals surface area contributed by atoms with Crippen molar-refractivity contribution in [1.82, 2.24) is 4.90 Å². The smallest absolute Gasteiger partial charge is 0.296 e. The molecule has 0 bridgehead atoms. The van der Waals surface area contributed by atoms with Crippen molar-refractivity contribution in [2.75, 3.05) is 7.11 Å².